The topological polar surface area (TPSA) is 69.9 Å². The largest absolute Gasteiger partial charge is 0.459 e. The van der Waals surface area contributed by atoms with Crippen LogP contribution < -0.4 is 4.90 Å². The summed E-state index contributed by atoms with van der Waals surface area (Å²) in [5.74, 6) is 0.252. The zero-order chi connectivity index (χ0) is 23.5. The highest BCUT2D eigenvalue weighted by molar-refractivity contribution is 7.22. The second-order valence-electron chi connectivity index (χ2n) is 8.43. The molecule has 0 aliphatic carbocycles. The van der Waals surface area contributed by atoms with Crippen LogP contribution in [0, 0.1) is 6.92 Å². The molecule has 1 aliphatic heterocycles. The van der Waals surface area contributed by atoms with E-state index >= 15 is 0 Å². The van der Waals surface area contributed by atoms with Gasteiger partial charge in [-0.05, 0) is 36.2 Å². The molecule has 0 unspecified atom stereocenters. The van der Waals surface area contributed by atoms with Gasteiger partial charge in [-0.2, -0.15) is 0 Å². The third kappa shape index (κ3) is 4.73. The zero-order valence-electron chi connectivity index (χ0n) is 19.0. The molecule has 3 heterocycles. The van der Waals surface area contributed by atoms with Crippen LogP contribution in [0.25, 0.3) is 10.2 Å². The smallest absolute Gasteiger partial charge is 0.289 e. The van der Waals surface area contributed by atoms with Crippen LogP contribution >= 0.6 is 11.3 Å². The molecule has 2 amide bonds. The molecule has 174 valence electrons. The molecule has 2 aromatic carbocycles. The molecule has 0 spiro atoms. The maximum Gasteiger partial charge on any atom is 0.289 e. The molecule has 1 fully saturated rings. The lowest BCUT2D eigenvalue weighted by molar-refractivity contribution is -0.120. The number of aromatic nitrogens is 1. The summed E-state index contributed by atoms with van der Waals surface area (Å²) >= 11 is 1.54. The number of carbonyl (C=O) groups is 2. The van der Waals surface area contributed by atoms with Crippen molar-refractivity contribution in [2.24, 2.45) is 0 Å². The highest BCUT2D eigenvalue weighted by atomic mass is 32.1. The summed E-state index contributed by atoms with van der Waals surface area (Å²) < 4.78 is 6.31. The van der Waals surface area contributed by atoms with Crippen LogP contribution in [0.15, 0.2) is 71.3 Å². The Kier molecular flexibility index (Phi) is 6.42. The van der Waals surface area contributed by atoms with E-state index < -0.39 is 0 Å². The molecular weight excluding hydrogens is 448 g/mol. The summed E-state index contributed by atoms with van der Waals surface area (Å²) in [5, 5.41) is 0.713. The maximum absolute atomic E-state index is 13.5. The highest BCUT2D eigenvalue weighted by Crippen LogP contribution is 2.31. The van der Waals surface area contributed by atoms with Gasteiger partial charge in [0.25, 0.3) is 5.91 Å². The number of para-hydroxylation sites is 1. The number of hydrogen-bond acceptors (Lipinski definition) is 6. The molecule has 7 nitrogen and oxygen atoms in total. The summed E-state index contributed by atoms with van der Waals surface area (Å²) in [6.45, 7) is 5.18. The van der Waals surface area contributed by atoms with E-state index in [1.165, 1.54) is 6.26 Å². The molecule has 2 aromatic heterocycles. The van der Waals surface area contributed by atoms with Crippen molar-refractivity contribution in [3.05, 3.63) is 83.8 Å². The summed E-state index contributed by atoms with van der Waals surface area (Å²) in [7, 11) is 0. The summed E-state index contributed by atoms with van der Waals surface area (Å²) in [5.41, 5.74) is 3.10. The number of hydrogen-bond donors (Lipinski definition) is 0. The number of aryl methyl sites for hydroxylation is 1. The molecule has 0 atom stereocenters. The van der Waals surface area contributed by atoms with Crippen molar-refractivity contribution in [1.82, 2.24) is 14.8 Å². The van der Waals surface area contributed by atoms with Gasteiger partial charge in [0.2, 0.25) is 5.91 Å². The molecule has 5 rings (SSSR count). The van der Waals surface area contributed by atoms with E-state index in [0.717, 1.165) is 21.3 Å². The summed E-state index contributed by atoms with van der Waals surface area (Å²) in [6.07, 6.45) is 1.51. The molecular formula is C26H26N4O3S. The Balaban J connectivity index is 1.30. The number of fused-ring (bicyclic) bond motifs is 1. The molecule has 0 radical (unpaired) electrons. The van der Waals surface area contributed by atoms with Gasteiger partial charge >= 0.3 is 0 Å². The van der Waals surface area contributed by atoms with Crippen molar-refractivity contribution < 1.29 is 14.0 Å². The van der Waals surface area contributed by atoms with Crippen molar-refractivity contribution in [3.63, 3.8) is 0 Å². The Morgan fingerprint density at radius 3 is 2.50 bits per heavy atom. The lowest BCUT2D eigenvalue weighted by Crippen LogP contribution is -2.51. The van der Waals surface area contributed by atoms with Crippen LogP contribution in [-0.4, -0.2) is 59.3 Å². The summed E-state index contributed by atoms with van der Waals surface area (Å²) in [6, 6.07) is 19.5. The van der Waals surface area contributed by atoms with Crippen LogP contribution in [0.5, 0.6) is 0 Å². The Hall–Kier alpha value is -3.49. The average Bonchev–Trinajstić information content (AvgIpc) is 3.54. The van der Waals surface area contributed by atoms with E-state index in [4.69, 9.17) is 9.40 Å². The van der Waals surface area contributed by atoms with Crippen LogP contribution in [0.4, 0.5) is 5.13 Å². The van der Waals surface area contributed by atoms with Gasteiger partial charge < -0.3 is 9.32 Å². The van der Waals surface area contributed by atoms with Crippen LogP contribution in [-0.2, 0) is 11.3 Å². The van der Waals surface area contributed by atoms with Gasteiger partial charge in [0.1, 0.15) is 0 Å². The third-order valence-corrected chi connectivity index (χ3v) is 7.12. The number of anilines is 1. The van der Waals surface area contributed by atoms with Crippen molar-refractivity contribution in [3.8, 4) is 0 Å². The Morgan fingerprint density at radius 2 is 1.79 bits per heavy atom. The monoisotopic (exact) mass is 474 g/mol. The van der Waals surface area contributed by atoms with Gasteiger partial charge in [-0.25, -0.2) is 4.98 Å². The molecule has 8 heteroatoms. The minimum atomic E-state index is -0.105. The lowest BCUT2D eigenvalue weighted by atomic mass is 10.2. The van der Waals surface area contributed by atoms with Gasteiger partial charge in [-0.3, -0.25) is 19.4 Å². The van der Waals surface area contributed by atoms with Gasteiger partial charge in [0.05, 0.1) is 29.6 Å². The number of thiazole rings is 1. The first kappa shape index (κ1) is 22.3. The fourth-order valence-electron chi connectivity index (χ4n) is 4.16. The van der Waals surface area contributed by atoms with E-state index in [1.54, 1.807) is 33.3 Å². The molecule has 4 aromatic rings. The van der Waals surface area contributed by atoms with Gasteiger partial charge in [-0.1, -0.05) is 53.8 Å². The fraction of sp³-hybridized carbons (Fsp3) is 0.269. The van der Waals surface area contributed by atoms with Crippen LogP contribution in [0.2, 0.25) is 0 Å². The minimum absolute atomic E-state index is 0.00590. The average molecular weight is 475 g/mol. The number of carbonyl (C=O) groups excluding carboxylic acids is 2. The molecule has 0 N–H and O–H groups in total. The number of rotatable bonds is 6. The van der Waals surface area contributed by atoms with E-state index in [1.807, 2.05) is 55.5 Å². The Morgan fingerprint density at radius 1 is 1.00 bits per heavy atom. The molecule has 1 aliphatic rings. The number of benzene rings is 2. The third-order valence-electron chi connectivity index (χ3n) is 6.08. The second-order valence-corrected chi connectivity index (χ2v) is 9.44. The molecule has 0 bridgehead atoms. The van der Waals surface area contributed by atoms with E-state index in [0.29, 0.717) is 43.6 Å². The Labute approximate surface area is 202 Å². The van der Waals surface area contributed by atoms with Gasteiger partial charge in [0, 0.05) is 26.2 Å². The highest BCUT2D eigenvalue weighted by Gasteiger charge is 2.27. The van der Waals surface area contributed by atoms with E-state index in [9.17, 15) is 9.59 Å². The SMILES string of the molecule is Cc1cccc2sc(N(Cc3ccccc3)C(=O)CN3CCN(C(=O)c4ccco4)CC3)nc12. The fourth-order valence-corrected chi connectivity index (χ4v) is 5.22. The predicted molar refractivity (Wildman–Crippen MR) is 133 cm³/mol. The first-order valence-electron chi connectivity index (χ1n) is 11.3. The zero-order valence-corrected chi connectivity index (χ0v) is 19.8. The first-order valence-corrected chi connectivity index (χ1v) is 12.2. The van der Waals surface area contributed by atoms with Crippen molar-refractivity contribution in [1.29, 1.82) is 0 Å². The second kappa shape index (κ2) is 9.79. The number of amides is 2. The van der Waals surface area contributed by atoms with Crippen molar-refractivity contribution in [2.75, 3.05) is 37.6 Å². The Bertz CT molecular complexity index is 1280. The number of furan rings is 1. The van der Waals surface area contributed by atoms with Crippen LogP contribution in [0.3, 0.4) is 0 Å². The number of piperazine rings is 1. The first-order chi connectivity index (χ1) is 16.6. The van der Waals surface area contributed by atoms with Gasteiger partial charge in [-0.15, -0.1) is 0 Å². The minimum Gasteiger partial charge on any atom is -0.459 e. The molecule has 1 saturated heterocycles. The molecule has 0 saturated carbocycles. The number of nitrogens with zero attached hydrogens (tertiary/aromatic N) is 4. The standard InChI is InChI=1S/C26H26N4O3S/c1-19-7-5-11-22-24(19)27-26(34-22)30(17-20-8-3-2-4-9-20)23(31)18-28-12-14-29(15-13-28)25(32)21-10-6-16-33-21/h2-11,16H,12-15,17-18H2,1H3. The van der Waals surface area contributed by atoms with E-state index in [-0.39, 0.29) is 18.4 Å². The lowest BCUT2D eigenvalue weighted by Gasteiger charge is -2.34. The van der Waals surface area contributed by atoms with Crippen molar-refractivity contribution >= 4 is 38.5 Å². The molecule has 34 heavy (non-hydrogen) atoms. The maximum atomic E-state index is 13.5. The van der Waals surface area contributed by atoms with E-state index in [2.05, 4.69) is 4.90 Å². The van der Waals surface area contributed by atoms with Gasteiger partial charge in [0.15, 0.2) is 10.9 Å². The van der Waals surface area contributed by atoms with Crippen molar-refractivity contribution in [2.45, 2.75) is 13.5 Å². The normalized spacial score (nSPS) is 14.4. The predicted octanol–water partition coefficient (Wildman–Crippen LogP) is 4.19. The quantitative estimate of drug-likeness (QED) is 0.419. The summed E-state index contributed by atoms with van der Waals surface area (Å²) in [4.78, 5) is 36.6. The van der Waals surface area contributed by atoms with Crippen LogP contribution in [0.1, 0.15) is 21.7 Å².